The highest BCUT2D eigenvalue weighted by atomic mass is 16.5. The van der Waals surface area contributed by atoms with Crippen LogP contribution in [0.5, 0.6) is 0 Å². The van der Waals surface area contributed by atoms with E-state index in [4.69, 9.17) is 14.6 Å². The Bertz CT molecular complexity index is 165. The molecule has 4 heteroatoms. The maximum absolute atomic E-state index is 10.4. The van der Waals surface area contributed by atoms with E-state index in [1.807, 2.05) is 13.8 Å². The molecule has 0 aliphatic rings. The summed E-state index contributed by atoms with van der Waals surface area (Å²) in [5.41, 5.74) is -0.252. The van der Waals surface area contributed by atoms with E-state index in [0.29, 0.717) is 13.0 Å². The number of carboxylic acids is 1. The minimum Gasteiger partial charge on any atom is -0.479 e. The number of hydrogen-bond acceptors (Lipinski definition) is 3. The SMILES string of the molecule is COC(C)(C)CCO[C@@H](C)C(=O)O. The molecule has 0 heterocycles. The minimum atomic E-state index is -0.935. The van der Waals surface area contributed by atoms with E-state index in [0.717, 1.165) is 0 Å². The van der Waals surface area contributed by atoms with Crippen molar-refractivity contribution in [3.8, 4) is 0 Å². The highest BCUT2D eigenvalue weighted by molar-refractivity contribution is 5.71. The molecule has 0 aliphatic carbocycles. The molecule has 0 saturated heterocycles. The zero-order valence-electron chi connectivity index (χ0n) is 8.66. The number of rotatable bonds is 6. The fourth-order valence-electron chi connectivity index (χ4n) is 0.655. The van der Waals surface area contributed by atoms with Crippen molar-refractivity contribution < 1.29 is 19.4 Å². The van der Waals surface area contributed by atoms with E-state index >= 15 is 0 Å². The molecule has 0 unspecified atom stereocenters. The number of carboxylic acid groups (broad SMARTS) is 1. The Labute approximate surface area is 78.8 Å². The van der Waals surface area contributed by atoms with Crippen LogP contribution in [0.2, 0.25) is 0 Å². The Hall–Kier alpha value is -0.610. The minimum absolute atomic E-state index is 0.252. The molecule has 0 radical (unpaired) electrons. The lowest BCUT2D eigenvalue weighted by Gasteiger charge is -2.22. The quantitative estimate of drug-likeness (QED) is 0.685. The van der Waals surface area contributed by atoms with Gasteiger partial charge in [0.05, 0.1) is 12.2 Å². The van der Waals surface area contributed by atoms with E-state index in [1.165, 1.54) is 6.92 Å². The maximum Gasteiger partial charge on any atom is 0.332 e. The van der Waals surface area contributed by atoms with Gasteiger partial charge in [0, 0.05) is 7.11 Å². The van der Waals surface area contributed by atoms with E-state index in [-0.39, 0.29) is 5.60 Å². The van der Waals surface area contributed by atoms with Crippen LogP contribution >= 0.6 is 0 Å². The van der Waals surface area contributed by atoms with Crippen LogP contribution in [0.3, 0.4) is 0 Å². The third kappa shape index (κ3) is 5.60. The molecule has 0 aliphatic heterocycles. The summed E-state index contributed by atoms with van der Waals surface area (Å²) in [5.74, 6) is -0.935. The second-order valence-corrected chi connectivity index (χ2v) is 3.57. The van der Waals surface area contributed by atoms with Crippen molar-refractivity contribution >= 4 is 5.97 Å². The van der Waals surface area contributed by atoms with Gasteiger partial charge in [0.25, 0.3) is 0 Å². The average Bonchev–Trinajstić information content (AvgIpc) is 2.04. The van der Waals surface area contributed by atoms with Gasteiger partial charge in [0.1, 0.15) is 0 Å². The van der Waals surface area contributed by atoms with Crippen LogP contribution in [0.4, 0.5) is 0 Å². The number of methoxy groups -OCH3 is 1. The molecule has 78 valence electrons. The molecule has 0 amide bonds. The van der Waals surface area contributed by atoms with Crippen LogP contribution in [0.1, 0.15) is 27.2 Å². The summed E-state index contributed by atoms with van der Waals surface area (Å²) >= 11 is 0. The summed E-state index contributed by atoms with van der Waals surface area (Å²) in [7, 11) is 1.63. The highest BCUT2D eigenvalue weighted by Crippen LogP contribution is 2.12. The predicted molar refractivity (Wildman–Crippen MR) is 48.8 cm³/mol. The van der Waals surface area contributed by atoms with E-state index < -0.39 is 12.1 Å². The molecule has 0 aromatic rings. The number of hydrogen-bond donors (Lipinski definition) is 1. The van der Waals surface area contributed by atoms with Gasteiger partial charge < -0.3 is 14.6 Å². The van der Waals surface area contributed by atoms with Gasteiger partial charge in [-0.15, -0.1) is 0 Å². The lowest BCUT2D eigenvalue weighted by Crippen LogP contribution is -2.27. The Balaban J connectivity index is 3.62. The molecule has 0 rings (SSSR count). The van der Waals surface area contributed by atoms with Crippen LogP contribution in [0, 0.1) is 0 Å². The van der Waals surface area contributed by atoms with E-state index in [9.17, 15) is 4.79 Å². The average molecular weight is 190 g/mol. The zero-order valence-corrected chi connectivity index (χ0v) is 8.66. The Morgan fingerprint density at radius 1 is 1.54 bits per heavy atom. The third-order valence-electron chi connectivity index (χ3n) is 1.97. The van der Waals surface area contributed by atoms with Crippen molar-refractivity contribution in [2.45, 2.75) is 38.9 Å². The largest absolute Gasteiger partial charge is 0.479 e. The molecule has 0 spiro atoms. The van der Waals surface area contributed by atoms with E-state index in [2.05, 4.69) is 0 Å². The van der Waals surface area contributed by atoms with Crippen molar-refractivity contribution in [2.75, 3.05) is 13.7 Å². The van der Waals surface area contributed by atoms with Crippen LogP contribution in [0.25, 0.3) is 0 Å². The topological polar surface area (TPSA) is 55.8 Å². The second kappa shape index (κ2) is 5.19. The summed E-state index contributed by atoms with van der Waals surface area (Å²) in [5, 5.41) is 8.51. The summed E-state index contributed by atoms with van der Waals surface area (Å²) in [6.45, 7) is 5.78. The first kappa shape index (κ1) is 12.4. The molecule has 0 bridgehead atoms. The monoisotopic (exact) mass is 190 g/mol. The van der Waals surface area contributed by atoms with Crippen LogP contribution in [0.15, 0.2) is 0 Å². The van der Waals surface area contributed by atoms with Crippen LogP contribution in [-0.4, -0.2) is 36.5 Å². The predicted octanol–water partition coefficient (Wildman–Crippen LogP) is 1.29. The fourth-order valence-corrected chi connectivity index (χ4v) is 0.655. The molecule has 0 fully saturated rings. The van der Waals surface area contributed by atoms with Gasteiger partial charge in [0.2, 0.25) is 0 Å². The smallest absolute Gasteiger partial charge is 0.332 e. The lowest BCUT2D eigenvalue weighted by molar-refractivity contribution is -0.150. The Morgan fingerprint density at radius 3 is 2.46 bits per heavy atom. The molecule has 0 saturated carbocycles. The van der Waals surface area contributed by atoms with E-state index in [1.54, 1.807) is 7.11 Å². The first-order chi connectivity index (χ1) is 5.89. The Morgan fingerprint density at radius 2 is 2.08 bits per heavy atom. The lowest BCUT2D eigenvalue weighted by atomic mass is 10.1. The summed E-state index contributed by atoms with van der Waals surface area (Å²) in [6, 6.07) is 0. The molecule has 0 aromatic carbocycles. The highest BCUT2D eigenvalue weighted by Gasteiger charge is 2.18. The van der Waals surface area contributed by atoms with Crippen molar-refractivity contribution in [1.29, 1.82) is 0 Å². The van der Waals surface area contributed by atoms with Gasteiger partial charge in [-0.05, 0) is 27.2 Å². The van der Waals surface area contributed by atoms with Crippen LogP contribution < -0.4 is 0 Å². The molecule has 1 N–H and O–H groups in total. The zero-order chi connectivity index (χ0) is 10.5. The molecule has 1 atom stereocenters. The number of carbonyl (C=O) groups is 1. The maximum atomic E-state index is 10.4. The van der Waals surface area contributed by atoms with Gasteiger partial charge in [-0.1, -0.05) is 0 Å². The summed E-state index contributed by atoms with van der Waals surface area (Å²) in [4.78, 5) is 10.4. The summed E-state index contributed by atoms with van der Waals surface area (Å²) < 4.78 is 10.2. The normalized spacial score (nSPS) is 14.2. The second-order valence-electron chi connectivity index (χ2n) is 3.57. The van der Waals surface area contributed by atoms with Gasteiger partial charge in [-0.3, -0.25) is 0 Å². The third-order valence-corrected chi connectivity index (χ3v) is 1.97. The molecular weight excluding hydrogens is 172 g/mol. The van der Waals surface area contributed by atoms with Crippen molar-refractivity contribution in [3.63, 3.8) is 0 Å². The first-order valence-corrected chi connectivity index (χ1v) is 4.28. The number of ether oxygens (including phenoxy) is 2. The Kier molecular flexibility index (Phi) is 4.95. The van der Waals surface area contributed by atoms with Gasteiger partial charge in [-0.25, -0.2) is 4.79 Å². The fraction of sp³-hybridized carbons (Fsp3) is 0.889. The van der Waals surface area contributed by atoms with Crippen molar-refractivity contribution in [1.82, 2.24) is 0 Å². The first-order valence-electron chi connectivity index (χ1n) is 4.28. The van der Waals surface area contributed by atoms with Crippen LogP contribution in [-0.2, 0) is 14.3 Å². The van der Waals surface area contributed by atoms with Gasteiger partial charge in [0.15, 0.2) is 6.10 Å². The molecule has 13 heavy (non-hydrogen) atoms. The molecule has 0 aromatic heterocycles. The van der Waals surface area contributed by atoms with Gasteiger partial charge >= 0.3 is 5.97 Å². The van der Waals surface area contributed by atoms with Crippen molar-refractivity contribution in [2.24, 2.45) is 0 Å². The molecular formula is C9H18O4. The number of aliphatic carboxylic acids is 1. The van der Waals surface area contributed by atoms with Crippen molar-refractivity contribution in [3.05, 3.63) is 0 Å². The molecule has 4 nitrogen and oxygen atoms in total. The summed E-state index contributed by atoms with van der Waals surface area (Å²) in [6.07, 6.45) is -0.0612. The standard InChI is InChI=1S/C9H18O4/c1-7(8(10)11)13-6-5-9(2,3)12-4/h7H,5-6H2,1-4H3,(H,10,11)/t7-/m0/s1. The van der Waals surface area contributed by atoms with Gasteiger partial charge in [-0.2, -0.15) is 0 Å².